The molecule has 13 heteroatoms. The Morgan fingerprint density at radius 3 is 1.06 bits per heavy atom. The summed E-state index contributed by atoms with van der Waals surface area (Å²) in [6, 6.07) is 20.5. The minimum Gasteiger partial charge on any atom is -0.481 e. The Bertz CT molecular complexity index is 1370. The molecule has 0 aromatic heterocycles. The van der Waals surface area contributed by atoms with E-state index in [0.29, 0.717) is 25.7 Å². The van der Waals surface area contributed by atoms with Gasteiger partial charge >= 0.3 is 23.9 Å². The van der Waals surface area contributed by atoms with Crippen LogP contribution in [0.25, 0.3) is 0 Å². The number of aliphatic carboxylic acids is 4. The third kappa shape index (κ3) is 13.5. The standard InChI is InChI=1S/2C20H29NO5.Ni/c2*1-19(2)11-15(26-16(18(24)25)10-17(22)23)12-20(3,4)21(19)13-14-8-6-5-7-9-14;/h2*5-9,15-16H,10-13H2,1-4H3,(H,22,23)(H,24,25);. The van der Waals surface area contributed by atoms with Crippen LogP contribution >= 0.6 is 0 Å². The van der Waals surface area contributed by atoms with Crippen molar-refractivity contribution in [2.45, 2.75) is 154 Å². The van der Waals surface area contributed by atoms with Crippen molar-refractivity contribution in [3.63, 3.8) is 0 Å². The number of carboxylic acids is 4. The van der Waals surface area contributed by atoms with Crippen molar-refractivity contribution in [1.82, 2.24) is 9.80 Å². The second-order valence-electron chi connectivity index (χ2n) is 16.6. The predicted molar refractivity (Wildman–Crippen MR) is 196 cm³/mol. The van der Waals surface area contributed by atoms with Crippen LogP contribution in [0.3, 0.4) is 0 Å². The summed E-state index contributed by atoms with van der Waals surface area (Å²) in [5, 5.41) is 36.4. The smallest absolute Gasteiger partial charge is 0.333 e. The molecule has 2 heterocycles. The van der Waals surface area contributed by atoms with Crippen LogP contribution in [0.2, 0.25) is 0 Å². The molecule has 2 saturated heterocycles. The Kier molecular flexibility index (Phi) is 16.3. The van der Waals surface area contributed by atoms with Gasteiger partial charge in [0.1, 0.15) is 0 Å². The minimum absolute atomic E-state index is 0. The van der Waals surface area contributed by atoms with Crippen LogP contribution in [0.5, 0.6) is 0 Å². The van der Waals surface area contributed by atoms with E-state index in [2.05, 4.69) is 89.5 Å². The van der Waals surface area contributed by atoms with Crippen molar-refractivity contribution in [2.24, 2.45) is 0 Å². The normalized spacial score (nSPS) is 20.8. The zero-order chi connectivity index (χ0) is 39.1. The molecular weight excluding hydrogens is 727 g/mol. The fraction of sp³-hybridized carbons (Fsp3) is 0.600. The number of benzene rings is 2. The number of likely N-dealkylation sites (tertiary alicyclic amines) is 2. The van der Waals surface area contributed by atoms with Gasteiger partial charge in [0.2, 0.25) is 0 Å². The SMILES string of the molecule is CC1(C)CC(OC(CC(=O)O)C(=O)O)CC(C)(C)N1Cc1ccccc1.CC1(C)CC(OC(CC(=O)O)C(=O)O)CC(C)(C)N1Cc1ccccc1.[Ni]. The molecule has 2 atom stereocenters. The molecule has 53 heavy (non-hydrogen) atoms. The molecule has 0 saturated carbocycles. The van der Waals surface area contributed by atoms with E-state index >= 15 is 0 Å². The Balaban J connectivity index is 0.000000360. The van der Waals surface area contributed by atoms with E-state index < -0.39 is 48.9 Å². The maximum atomic E-state index is 11.3. The molecule has 0 aliphatic carbocycles. The number of nitrogens with zero attached hydrogens (tertiary/aromatic N) is 2. The van der Waals surface area contributed by atoms with Crippen molar-refractivity contribution >= 4 is 23.9 Å². The van der Waals surface area contributed by atoms with Crippen molar-refractivity contribution in [3.8, 4) is 0 Å². The van der Waals surface area contributed by atoms with Crippen LogP contribution < -0.4 is 0 Å². The van der Waals surface area contributed by atoms with Gasteiger partial charge in [0.25, 0.3) is 0 Å². The largest absolute Gasteiger partial charge is 0.481 e. The molecule has 4 N–H and O–H groups in total. The summed E-state index contributed by atoms with van der Waals surface area (Å²) in [5.74, 6) is -4.79. The van der Waals surface area contributed by atoms with Crippen LogP contribution in [0.4, 0.5) is 0 Å². The first-order valence-corrected chi connectivity index (χ1v) is 17.9. The second kappa shape index (κ2) is 18.8. The van der Waals surface area contributed by atoms with Gasteiger partial charge in [-0.1, -0.05) is 60.7 Å². The third-order valence-electron chi connectivity index (χ3n) is 10.2. The van der Waals surface area contributed by atoms with Gasteiger partial charge in [0, 0.05) is 51.7 Å². The molecule has 4 rings (SSSR count). The van der Waals surface area contributed by atoms with Gasteiger partial charge in [-0.3, -0.25) is 19.4 Å². The molecule has 2 unspecified atom stereocenters. The second-order valence-corrected chi connectivity index (χ2v) is 16.6. The maximum Gasteiger partial charge on any atom is 0.333 e. The number of ether oxygens (including phenoxy) is 2. The molecule has 12 nitrogen and oxygen atoms in total. The average molecular weight is 786 g/mol. The van der Waals surface area contributed by atoms with Crippen LogP contribution in [0, 0.1) is 0 Å². The zero-order valence-electron chi connectivity index (χ0n) is 32.2. The summed E-state index contributed by atoms with van der Waals surface area (Å²) in [4.78, 5) is 49.3. The first kappa shape index (κ1) is 45.8. The van der Waals surface area contributed by atoms with Crippen LogP contribution in [0.1, 0.15) is 105 Å². The fourth-order valence-electron chi connectivity index (χ4n) is 8.20. The molecule has 2 aliphatic rings. The number of carboxylic acid groups (broad SMARTS) is 4. The third-order valence-corrected chi connectivity index (χ3v) is 10.2. The molecule has 2 aromatic rings. The van der Waals surface area contributed by atoms with E-state index in [9.17, 15) is 29.4 Å². The molecule has 0 radical (unpaired) electrons. The van der Waals surface area contributed by atoms with Gasteiger partial charge in [0.05, 0.1) is 25.0 Å². The Hall–Kier alpha value is -3.35. The van der Waals surface area contributed by atoms with E-state index in [1.807, 2.05) is 36.4 Å². The fourth-order valence-corrected chi connectivity index (χ4v) is 8.20. The average Bonchev–Trinajstić information content (AvgIpc) is 3.00. The van der Waals surface area contributed by atoms with Gasteiger partial charge in [-0.25, -0.2) is 9.59 Å². The van der Waals surface area contributed by atoms with E-state index in [-0.39, 0.29) is 50.9 Å². The molecular formula is C40H58N2NiO10. The summed E-state index contributed by atoms with van der Waals surface area (Å²) in [6.07, 6.45) is -1.70. The van der Waals surface area contributed by atoms with Gasteiger partial charge < -0.3 is 29.9 Å². The van der Waals surface area contributed by atoms with Crippen molar-refractivity contribution in [1.29, 1.82) is 0 Å². The monoisotopic (exact) mass is 784 g/mol. The first-order valence-electron chi connectivity index (χ1n) is 17.9. The summed E-state index contributed by atoms with van der Waals surface area (Å²) in [7, 11) is 0. The van der Waals surface area contributed by atoms with Crippen molar-refractivity contribution in [3.05, 3.63) is 71.8 Å². The van der Waals surface area contributed by atoms with Gasteiger partial charge in [-0.2, -0.15) is 0 Å². The Morgan fingerprint density at radius 1 is 0.566 bits per heavy atom. The number of rotatable bonds is 14. The Morgan fingerprint density at radius 2 is 0.830 bits per heavy atom. The zero-order valence-corrected chi connectivity index (χ0v) is 33.2. The molecule has 2 fully saturated rings. The summed E-state index contributed by atoms with van der Waals surface area (Å²) < 4.78 is 11.5. The number of carbonyl (C=O) groups is 4. The molecule has 298 valence electrons. The van der Waals surface area contributed by atoms with Gasteiger partial charge in [-0.05, 0) is 92.2 Å². The van der Waals surface area contributed by atoms with Crippen LogP contribution in [0.15, 0.2) is 60.7 Å². The van der Waals surface area contributed by atoms with E-state index in [1.54, 1.807) is 0 Å². The van der Waals surface area contributed by atoms with Gasteiger partial charge in [0.15, 0.2) is 12.2 Å². The molecule has 2 aliphatic heterocycles. The van der Waals surface area contributed by atoms with E-state index in [1.165, 1.54) is 11.1 Å². The first-order chi connectivity index (χ1) is 24.0. The van der Waals surface area contributed by atoms with E-state index in [4.69, 9.17) is 19.7 Å². The topological polar surface area (TPSA) is 174 Å². The minimum atomic E-state index is -1.32. The van der Waals surface area contributed by atoms with Crippen LogP contribution in [-0.2, 0) is 58.2 Å². The predicted octanol–water partition coefficient (Wildman–Crippen LogP) is 6.30. The maximum absolute atomic E-state index is 11.3. The quantitative estimate of drug-likeness (QED) is 0.158. The Labute approximate surface area is 323 Å². The van der Waals surface area contributed by atoms with Crippen LogP contribution in [-0.4, -0.2) is 101 Å². The summed E-state index contributed by atoms with van der Waals surface area (Å²) in [5.41, 5.74) is 1.59. The molecule has 0 spiro atoms. The van der Waals surface area contributed by atoms with Crippen molar-refractivity contribution in [2.75, 3.05) is 0 Å². The van der Waals surface area contributed by atoms with Crippen molar-refractivity contribution < 1.29 is 65.6 Å². The number of hydrogen-bond donors (Lipinski definition) is 4. The number of piperidine rings is 2. The van der Waals surface area contributed by atoms with E-state index in [0.717, 1.165) is 13.1 Å². The molecule has 2 aromatic carbocycles. The summed E-state index contributed by atoms with van der Waals surface area (Å²) >= 11 is 0. The number of hydrogen-bond acceptors (Lipinski definition) is 8. The molecule has 0 amide bonds. The molecule has 0 bridgehead atoms. The van der Waals surface area contributed by atoms with Gasteiger partial charge in [-0.15, -0.1) is 0 Å². The summed E-state index contributed by atoms with van der Waals surface area (Å²) in [6.45, 7) is 18.6.